The molecule has 21 heavy (non-hydrogen) atoms. The molecular weight excluding hydrogens is 290 g/mol. The maximum Gasteiger partial charge on any atom is 0.279 e. The van der Waals surface area contributed by atoms with E-state index in [1.54, 1.807) is 13.3 Å². The number of hydrogen-bond acceptors (Lipinski definition) is 4. The zero-order valence-corrected chi connectivity index (χ0v) is 13.8. The molecule has 0 aromatic carbocycles. The molecule has 1 fully saturated rings. The van der Waals surface area contributed by atoms with Gasteiger partial charge in [0.2, 0.25) is 0 Å². The van der Waals surface area contributed by atoms with Crippen LogP contribution in [0.15, 0.2) is 22.8 Å². The first-order chi connectivity index (χ1) is 9.92. The van der Waals surface area contributed by atoms with Gasteiger partial charge in [-0.3, -0.25) is 4.90 Å². The summed E-state index contributed by atoms with van der Waals surface area (Å²) in [6, 6.07) is 3.63. The molecule has 0 bridgehead atoms. The Kier molecular flexibility index (Phi) is 5.43. The minimum atomic E-state index is -3.46. The van der Waals surface area contributed by atoms with Crippen LogP contribution in [0, 0.1) is 0 Å². The summed E-state index contributed by atoms with van der Waals surface area (Å²) < 4.78 is 34.0. The average Bonchev–Trinajstić information content (AvgIpc) is 3.10. The third kappa shape index (κ3) is 4.06. The third-order valence-corrected chi connectivity index (χ3v) is 5.73. The lowest BCUT2D eigenvalue weighted by molar-refractivity contribution is 0.215. The number of hydrogen-bond donors (Lipinski definition) is 1. The molecule has 1 N–H and O–H groups in total. The highest BCUT2D eigenvalue weighted by Crippen LogP contribution is 2.25. The highest BCUT2D eigenvalue weighted by molar-refractivity contribution is 7.87. The van der Waals surface area contributed by atoms with Gasteiger partial charge in [0.05, 0.1) is 12.3 Å². The topological polar surface area (TPSA) is 65.8 Å². The molecule has 1 unspecified atom stereocenters. The largest absolute Gasteiger partial charge is 0.468 e. The molecule has 0 spiro atoms. The van der Waals surface area contributed by atoms with Crippen LogP contribution in [0.2, 0.25) is 0 Å². The molecule has 0 saturated carbocycles. The molecule has 1 saturated heterocycles. The van der Waals surface area contributed by atoms with E-state index in [0.717, 1.165) is 31.7 Å². The molecule has 1 aliphatic heterocycles. The molecule has 0 amide bonds. The summed E-state index contributed by atoms with van der Waals surface area (Å²) in [5, 5.41) is 0. The number of furan rings is 1. The summed E-state index contributed by atoms with van der Waals surface area (Å²) in [6.07, 6.45) is 3.93. The fourth-order valence-corrected chi connectivity index (χ4v) is 3.63. The minimum absolute atomic E-state index is 0.0437. The van der Waals surface area contributed by atoms with Crippen molar-refractivity contribution in [1.29, 1.82) is 0 Å². The van der Waals surface area contributed by atoms with Gasteiger partial charge in [0, 0.05) is 19.6 Å². The Balaban J connectivity index is 2.06. The number of rotatable bonds is 7. The number of likely N-dealkylation sites (tertiary alicyclic amines) is 1. The fourth-order valence-electron chi connectivity index (χ4n) is 2.51. The average molecular weight is 315 g/mol. The SMILES string of the molecule is CC(C)N(C)S(=O)(=O)NCC(c1ccco1)N1CCCC1. The molecule has 1 aliphatic rings. The summed E-state index contributed by atoms with van der Waals surface area (Å²) in [4.78, 5) is 2.27. The highest BCUT2D eigenvalue weighted by atomic mass is 32.2. The van der Waals surface area contributed by atoms with Crippen molar-refractivity contribution in [3.8, 4) is 0 Å². The van der Waals surface area contributed by atoms with Gasteiger partial charge in [-0.25, -0.2) is 4.72 Å². The first-order valence-electron chi connectivity index (χ1n) is 7.42. The summed E-state index contributed by atoms with van der Waals surface area (Å²) >= 11 is 0. The van der Waals surface area contributed by atoms with E-state index in [1.807, 2.05) is 26.0 Å². The van der Waals surface area contributed by atoms with Gasteiger partial charge in [-0.05, 0) is 51.9 Å². The summed E-state index contributed by atoms with van der Waals surface area (Å²) in [6.45, 7) is 5.99. The van der Waals surface area contributed by atoms with Crippen LogP contribution in [0.1, 0.15) is 38.5 Å². The zero-order valence-electron chi connectivity index (χ0n) is 12.9. The molecular formula is C14H25N3O3S. The lowest BCUT2D eigenvalue weighted by Gasteiger charge is -2.28. The van der Waals surface area contributed by atoms with Crippen molar-refractivity contribution in [3.63, 3.8) is 0 Å². The van der Waals surface area contributed by atoms with E-state index in [2.05, 4.69) is 9.62 Å². The smallest absolute Gasteiger partial charge is 0.279 e. The van der Waals surface area contributed by atoms with E-state index < -0.39 is 10.2 Å². The van der Waals surface area contributed by atoms with Gasteiger partial charge in [0.25, 0.3) is 10.2 Å². The van der Waals surface area contributed by atoms with E-state index in [9.17, 15) is 8.42 Å². The Morgan fingerprint density at radius 2 is 2.05 bits per heavy atom. The van der Waals surface area contributed by atoms with Crippen LogP contribution in [0.4, 0.5) is 0 Å². The van der Waals surface area contributed by atoms with Crippen molar-refractivity contribution in [2.45, 2.75) is 38.8 Å². The van der Waals surface area contributed by atoms with Gasteiger partial charge in [-0.15, -0.1) is 0 Å². The number of nitrogens with zero attached hydrogens (tertiary/aromatic N) is 2. The Bertz CT molecular complexity index is 522. The third-order valence-electron chi connectivity index (χ3n) is 4.02. The Hall–Kier alpha value is -0.890. The van der Waals surface area contributed by atoms with Gasteiger partial charge in [-0.1, -0.05) is 0 Å². The van der Waals surface area contributed by atoms with Crippen LogP contribution < -0.4 is 4.72 Å². The maximum absolute atomic E-state index is 12.2. The van der Waals surface area contributed by atoms with E-state index in [4.69, 9.17) is 4.42 Å². The van der Waals surface area contributed by atoms with Crippen LogP contribution in [-0.4, -0.2) is 50.3 Å². The summed E-state index contributed by atoms with van der Waals surface area (Å²) in [5.74, 6) is 0.812. The van der Waals surface area contributed by atoms with Crippen molar-refractivity contribution in [2.24, 2.45) is 0 Å². The lowest BCUT2D eigenvalue weighted by atomic mass is 10.2. The van der Waals surface area contributed by atoms with Gasteiger partial charge < -0.3 is 4.42 Å². The van der Waals surface area contributed by atoms with Crippen LogP contribution in [0.5, 0.6) is 0 Å². The van der Waals surface area contributed by atoms with Crippen molar-refractivity contribution in [3.05, 3.63) is 24.2 Å². The van der Waals surface area contributed by atoms with Crippen LogP contribution in [0.3, 0.4) is 0 Å². The Morgan fingerprint density at radius 1 is 1.38 bits per heavy atom. The molecule has 0 radical (unpaired) electrons. The molecule has 6 nitrogen and oxygen atoms in total. The van der Waals surface area contributed by atoms with Crippen molar-refractivity contribution in [2.75, 3.05) is 26.7 Å². The second kappa shape index (κ2) is 6.91. The molecule has 2 rings (SSSR count). The van der Waals surface area contributed by atoms with Crippen LogP contribution in [-0.2, 0) is 10.2 Å². The fraction of sp³-hybridized carbons (Fsp3) is 0.714. The summed E-state index contributed by atoms with van der Waals surface area (Å²) in [5.41, 5.74) is 0. The van der Waals surface area contributed by atoms with Gasteiger partial charge in [-0.2, -0.15) is 12.7 Å². The molecule has 1 aromatic rings. The Morgan fingerprint density at radius 3 is 2.57 bits per heavy atom. The predicted octanol–water partition coefficient (Wildman–Crippen LogP) is 1.59. The number of nitrogens with one attached hydrogen (secondary N) is 1. The second-order valence-corrected chi connectivity index (χ2v) is 7.55. The molecule has 7 heteroatoms. The van der Waals surface area contributed by atoms with Gasteiger partial charge in [0.15, 0.2) is 0 Å². The Labute approximate surface area is 127 Å². The molecule has 120 valence electrons. The van der Waals surface area contributed by atoms with Crippen molar-refractivity contribution in [1.82, 2.24) is 13.9 Å². The maximum atomic E-state index is 12.2. The molecule has 2 heterocycles. The highest BCUT2D eigenvalue weighted by Gasteiger charge is 2.28. The van der Waals surface area contributed by atoms with Crippen molar-refractivity contribution < 1.29 is 12.8 Å². The molecule has 0 aliphatic carbocycles. The first kappa shape index (κ1) is 16.5. The quantitative estimate of drug-likeness (QED) is 0.830. The van der Waals surface area contributed by atoms with E-state index in [1.165, 1.54) is 4.31 Å². The van der Waals surface area contributed by atoms with E-state index >= 15 is 0 Å². The van der Waals surface area contributed by atoms with Crippen LogP contribution >= 0.6 is 0 Å². The van der Waals surface area contributed by atoms with Crippen molar-refractivity contribution >= 4 is 10.2 Å². The minimum Gasteiger partial charge on any atom is -0.468 e. The zero-order chi connectivity index (χ0) is 15.5. The predicted molar refractivity (Wildman–Crippen MR) is 82.1 cm³/mol. The van der Waals surface area contributed by atoms with Gasteiger partial charge >= 0.3 is 0 Å². The van der Waals surface area contributed by atoms with Gasteiger partial charge in [0.1, 0.15) is 5.76 Å². The lowest BCUT2D eigenvalue weighted by Crippen LogP contribution is -2.45. The van der Waals surface area contributed by atoms with E-state index in [0.29, 0.717) is 6.54 Å². The monoisotopic (exact) mass is 315 g/mol. The molecule has 1 atom stereocenters. The van der Waals surface area contributed by atoms with Crippen LogP contribution in [0.25, 0.3) is 0 Å². The normalized spacial score (nSPS) is 18.7. The van der Waals surface area contributed by atoms with E-state index in [-0.39, 0.29) is 12.1 Å². The molecule has 1 aromatic heterocycles. The standard InChI is InChI=1S/C14H25N3O3S/c1-12(2)16(3)21(18,19)15-11-13(14-7-6-10-20-14)17-8-4-5-9-17/h6-7,10,12-13,15H,4-5,8-9,11H2,1-3H3. The first-order valence-corrected chi connectivity index (χ1v) is 8.86. The summed E-state index contributed by atoms with van der Waals surface area (Å²) in [7, 11) is -1.87. The second-order valence-electron chi connectivity index (χ2n) is 5.74.